The summed E-state index contributed by atoms with van der Waals surface area (Å²) in [6.07, 6.45) is 2.58. The molecule has 0 bridgehead atoms. The van der Waals surface area contributed by atoms with E-state index in [0.717, 1.165) is 0 Å². The van der Waals surface area contributed by atoms with Gasteiger partial charge in [0.05, 0.1) is 0 Å². The van der Waals surface area contributed by atoms with Gasteiger partial charge in [0.2, 0.25) is 0 Å². The number of rotatable bonds is 3. The zero-order valence-corrected chi connectivity index (χ0v) is 26.7. The molecule has 0 nitrogen and oxygen atoms in total. The third-order valence-electron chi connectivity index (χ3n) is 8.08. The van der Waals surface area contributed by atoms with Crippen molar-refractivity contribution in [2.45, 2.75) is 38.2 Å². The van der Waals surface area contributed by atoms with Crippen molar-refractivity contribution in [3.05, 3.63) is 128 Å². The second-order valence-corrected chi connectivity index (χ2v) is 17.1. The van der Waals surface area contributed by atoms with Crippen molar-refractivity contribution in [2.24, 2.45) is 11.3 Å². The predicted molar refractivity (Wildman–Crippen MR) is 152 cm³/mol. The van der Waals surface area contributed by atoms with E-state index < -0.39 is 21.3 Å². The summed E-state index contributed by atoms with van der Waals surface area (Å²) in [5.74, 6) is 0.500. The molecule has 0 aliphatic heterocycles. The molecule has 0 fully saturated rings. The van der Waals surface area contributed by atoms with E-state index in [1.807, 2.05) is 0 Å². The standard InChI is InChI=1S/C13H9.C11H8.C11H17.2ClH.Zr/c1-3-7-12-10(5-1)9-11-6-2-4-8-13(11)12;1-9-5-4-7-10-6-2-3-8-11(9)10;1-8-6-9(2)10(7-8)11(3,4)5;;;/h1-9H;1-8H;7-8H,1-5H3;2*1H;/q;;;;;+2/p-2. The average molecular weight is 617 g/mol. The molecule has 192 valence electrons. The van der Waals surface area contributed by atoms with Crippen molar-refractivity contribution in [2.75, 3.05) is 0 Å². The summed E-state index contributed by atoms with van der Waals surface area (Å²) >= 11 is -2.48. The smallest absolute Gasteiger partial charge is 1.00 e. The zero-order valence-electron chi connectivity index (χ0n) is 22.7. The van der Waals surface area contributed by atoms with E-state index in [-0.39, 0.29) is 30.2 Å². The van der Waals surface area contributed by atoms with Gasteiger partial charge in [0.25, 0.3) is 0 Å². The van der Waals surface area contributed by atoms with Crippen LogP contribution in [0.2, 0.25) is 0 Å². The molecule has 0 N–H and O–H groups in total. The molecule has 4 aromatic rings. The Hall–Kier alpha value is -2.05. The first kappa shape index (κ1) is 28.9. The number of hydrogen-bond donors (Lipinski definition) is 0. The molecule has 0 amide bonds. The van der Waals surface area contributed by atoms with Crippen LogP contribution in [0.5, 0.6) is 0 Å². The molecule has 2 aliphatic rings. The number of benzene rings is 4. The molecular formula is C35H34Cl2Zr. The molecule has 0 radical (unpaired) electrons. The first-order valence-electron chi connectivity index (χ1n) is 13.2. The largest absolute Gasteiger partial charge is 1.00 e. The van der Waals surface area contributed by atoms with Crippen molar-refractivity contribution in [3.8, 4) is 11.1 Å². The summed E-state index contributed by atoms with van der Waals surface area (Å²) in [4.78, 5) is 0. The van der Waals surface area contributed by atoms with E-state index in [4.69, 9.17) is 0 Å². The molecular weight excluding hydrogens is 583 g/mol. The number of fused-ring (bicyclic) bond motifs is 4. The Bertz CT molecular complexity index is 1550. The van der Waals surface area contributed by atoms with Gasteiger partial charge in [-0.2, -0.15) is 0 Å². The quantitative estimate of drug-likeness (QED) is 0.332. The number of hydrogen-bond acceptors (Lipinski definition) is 0. The van der Waals surface area contributed by atoms with Crippen LogP contribution in [0.15, 0.2) is 111 Å². The molecule has 1 unspecified atom stereocenters. The van der Waals surface area contributed by atoms with Crippen LogP contribution < -0.4 is 24.8 Å². The predicted octanol–water partition coefficient (Wildman–Crippen LogP) is 3.28. The van der Waals surface area contributed by atoms with Crippen molar-refractivity contribution in [3.63, 3.8) is 0 Å². The Balaban J connectivity index is 0.00000168. The van der Waals surface area contributed by atoms with Crippen molar-refractivity contribution in [1.82, 2.24) is 0 Å². The van der Waals surface area contributed by atoms with Crippen LogP contribution >= 0.6 is 0 Å². The summed E-state index contributed by atoms with van der Waals surface area (Å²) in [5.41, 5.74) is 10.7. The van der Waals surface area contributed by atoms with Crippen LogP contribution in [0.1, 0.15) is 54.9 Å². The van der Waals surface area contributed by atoms with E-state index in [0.29, 0.717) is 9.54 Å². The fourth-order valence-corrected chi connectivity index (χ4v) is 15.4. The van der Waals surface area contributed by atoms with Crippen LogP contribution in [-0.2, 0) is 21.3 Å². The van der Waals surface area contributed by atoms with Gasteiger partial charge in [0.1, 0.15) is 0 Å². The summed E-state index contributed by atoms with van der Waals surface area (Å²) < 4.78 is 5.05. The van der Waals surface area contributed by atoms with Gasteiger partial charge in [-0.3, -0.25) is 0 Å². The van der Waals surface area contributed by atoms with Crippen molar-refractivity contribution >= 4 is 14.5 Å². The van der Waals surface area contributed by atoms with E-state index >= 15 is 0 Å². The van der Waals surface area contributed by atoms with Gasteiger partial charge in [-0.15, -0.1) is 0 Å². The molecule has 3 heteroatoms. The first-order valence-corrected chi connectivity index (χ1v) is 17.2. The minimum absolute atomic E-state index is 0. The fraction of sp³-hybridized carbons (Fsp3) is 0.229. The van der Waals surface area contributed by atoms with Crippen LogP contribution in [0, 0.1) is 11.3 Å². The Morgan fingerprint density at radius 1 is 0.711 bits per heavy atom. The zero-order chi connectivity index (χ0) is 25.0. The molecule has 0 saturated carbocycles. The maximum absolute atomic E-state index is 2.78. The van der Waals surface area contributed by atoms with E-state index in [2.05, 4.69) is 135 Å². The Morgan fingerprint density at radius 3 is 1.87 bits per heavy atom. The van der Waals surface area contributed by atoms with E-state index in [1.165, 1.54) is 27.5 Å². The Labute approximate surface area is 247 Å². The van der Waals surface area contributed by atoms with Crippen LogP contribution in [-0.4, -0.2) is 3.71 Å². The van der Waals surface area contributed by atoms with Crippen molar-refractivity contribution in [1.29, 1.82) is 0 Å². The van der Waals surface area contributed by atoms with Gasteiger partial charge in [-0.25, -0.2) is 0 Å². The summed E-state index contributed by atoms with van der Waals surface area (Å²) in [6.45, 7) is 12.0. The number of allylic oxidation sites excluding steroid dienone is 4. The van der Waals surface area contributed by atoms with Gasteiger partial charge < -0.3 is 24.8 Å². The molecule has 4 aromatic carbocycles. The molecule has 38 heavy (non-hydrogen) atoms. The van der Waals surface area contributed by atoms with Crippen molar-refractivity contribution < 1.29 is 46.1 Å². The SMILES string of the molecule is CC1=[C](/[Zr+2](=[CH]/c2cccc3ccccc23)[CH]2c3ccccc3-c3ccccc32)C(C)C=C1C(C)(C)C.[Cl-].[Cl-]. The van der Waals surface area contributed by atoms with E-state index in [1.54, 1.807) is 25.6 Å². The van der Waals surface area contributed by atoms with Crippen LogP contribution in [0.3, 0.4) is 0 Å². The first-order chi connectivity index (χ1) is 17.3. The monoisotopic (exact) mass is 614 g/mol. The Kier molecular flexibility index (Phi) is 8.54. The normalized spacial score (nSPS) is 16.6. The average Bonchev–Trinajstić information content (AvgIpc) is 3.37. The van der Waals surface area contributed by atoms with E-state index in [9.17, 15) is 0 Å². The molecule has 0 spiro atoms. The second kappa shape index (κ2) is 11.2. The molecule has 0 saturated heterocycles. The molecule has 6 rings (SSSR count). The van der Waals surface area contributed by atoms with Gasteiger partial charge in [0, 0.05) is 0 Å². The molecule has 1 atom stereocenters. The van der Waals surface area contributed by atoms with Gasteiger partial charge in [-0.05, 0) is 0 Å². The maximum Gasteiger partial charge on any atom is -1.00 e. The third kappa shape index (κ3) is 4.88. The Morgan fingerprint density at radius 2 is 1.26 bits per heavy atom. The van der Waals surface area contributed by atoms with Gasteiger partial charge in [0.15, 0.2) is 0 Å². The van der Waals surface area contributed by atoms with Gasteiger partial charge >= 0.3 is 225 Å². The minimum Gasteiger partial charge on any atom is -1.00 e. The number of halogens is 2. The topological polar surface area (TPSA) is 0 Å². The molecule has 2 aliphatic carbocycles. The maximum atomic E-state index is 2.78. The molecule has 0 aromatic heterocycles. The summed E-state index contributed by atoms with van der Waals surface area (Å²) in [6, 6.07) is 34.1. The summed E-state index contributed by atoms with van der Waals surface area (Å²) in [5, 5.41) is 2.71. The van der Waals surface area contributed by atoms with Crippen LogP contribution in [0.25, 0.3) is 21.9 Å². The molecule has 0 heterocycles. The third-order valence-corrected chi connectivity index (χ3v) is 16.2. The minimum atomic E-state index is -2.48. The second-order valence-electron chi connectivity index (χ2n) is 11.4. The van der Waals surface area contributed by atoms with Gasteiger partial charge in [-0.1, -0.05) is 0 Å². The van der Waals surface area contributed by atoms with Crippen LogP contribution in [0.4, 0.5) is 0 Å². The fourth-order valence-electron chi connectivity index (χ4n) is 6.59. The summed E-state index contributed by atoms with van der Waals surface area (Å²) in [7, 11) is 0.